The van der Waals surface area contributed by atoms with Gasteiger partial charge in [-0.3, -0.25) is 4.98 Å². The molecule has 0 saturated carbocycles. The first-order chi connectivity index (χ1) is 8.69. The van der Waals surface area contributed by atoms with Gasteiger partial charge in [-0.2, -0.15) is 0 Å². The van der Waals surface area contributed by atoms with E-state index in [1.165, 1.54) is 12.1 Å². The Morgan fingerprint density at radius 1 is 1.28 bits per heavy atom. The zero-order valence-electron chi connectivity index (χ0n) is 10.2. The van der Waals surface area contributed by atoms with Crippen molar-refractivity contribution in [1.29, 1.82) is 0 Å². The number of pyridine rings is 1. The van der Waals surface area contributed by atoms with Crippen LogP contribution in [0.15, 0.2) is 36.7 Å². The maximum Gasteiger partial charge on any atom is 0.145 e. The third-order valence-corrected chi connectivity index (χ3v) is 2.58. The first kappa shape index (κ1) is 12.5. The fourth-order valence-corrected chi connectivity index (χ4v) is 1.63. The highest BCUT2D eigenvalue weighted by Gasteiger charge is 2.04. The van der Waals surface area contributed by atoms with Crippen LogP contribution in [0.5, 0.6) is 11.5 Å². The number of hydrogen-bond acceptors (Lipinski definition) is 3. The number of aromatic nitrogens is 1. The lowest BCUT2D eigenvalue weighted by atomic mass is 10.2. The summed E-state index contributed by atoms with van der Waals surface area (Å²) in [5.74, 6) is 0.776. The van der Waals surface area contributed by atoms with Gasteiger partial charge in [0.2, 0.25) is 0 Å². The Bertz CT molecular complexity index is 543. The van der Waals surface area contributed by atoms with Crippen molar-refractivity contribution < 1.29 is 9.13 Å². The summed E-state index contributed by atoms with van der Waals surface area (Å²) < 4.78 is 18.8. The Balaban J connectivity index is 2.22. The molecule has 2 aromatic rings. The van der Waals surface area contributed by atoms with E-state index in [0.717, 1.165) is 17.5 Å². The molecule has 0 aliphatic carbocycles. The summed E-state index contributed by atoms with van der Waals surface area (Å²) in [5.41, 5.74) is 7.37. The molecule has 0 unspecified atom stereocenters. The largest absolute Gasteiger partial charge is 0.455 e. The fourth-order valence-electron chi connectivity index (χ4n) is 1.63. The number of hydrogen-bond donors (Lipinski definition) is 1. The number of halogens is 1. The van der Waals surface area contributed by atoms with Crippen molar-refractivity contribution >= 4 is 0 Å². The van der Waals surface area contributed by atoms with Gasteiger partial charge in [-0.25, -0.2) is 4.39 Å². The maximum atomic E-state index is 13.1. The average Bonchev–Trinajstić information content (AvgIpc) is 2.35. The molecule has 2 rings (SSSR count). The molecule has 0 saturated heterocycles. The second-order valence-electron chi connectivity index (χ2n) is 4.08. The van der Waals surface area contributed by atoms with Crippen LogP contribution in [0.2, 0.25) is 0 Å². The van der Waals surface area contributed by atoms with E-state index in [9.17, 15) is 4.39 Å². The summed E-state index contributed by atoms with van der Waals surface area (Å²) in [7, 11) is 0. The van der Waals surface area contributed by atoms with Gasteiger partial charge in [-0.15, -0.1) is 0 Å². The van der Waals surface area contributed by atoms with Crippen molar-refractivity contribution in [2.24, 2.45) is 5.73 Å². The van der Waals surface area contributed by atoms with Crippen molar-refractivity contribution in [3.63, 3.8) is 0 Å². The zero-order valence-corrected chi connectivity index (χ0v) is 10.2. The van der Waals surface area contributed by atoms with E-state index in [2.05, 4.69) is 4.98 Å². The summed E-state index contributed by atoms with van der Waals surface area (Å²) in [6.07, 6.45) is 4.09. The lowest BCUT2D eigenvalue weighted by molar-refractivity contribution is 0.470. The zero-order chi connectivity index (χ0) is 13.0. The fraction of sp³-hybridized carbons (Fsp3) is 0.214. The molecule has 0 bridgehead atoms. The van der Waals surface area contributed by atoms with Crippen molar-refractivity contribution in [1.82, 2.24) is 4.98 Å². The molecule has 0 fully saturated rings. The molecule has 0 atom stereocenters. The Morgan fingerprint density at radius 3 is 2.89 bits per heavy atom. The Labute approximate surface area is 105 Å². The smallest absolute Gasteiger partial charge is 0.145 e. The molecule has 1 aromatic carbocycles. The molecule has 0 amide bonds. The van der Waals surface area contributed by atoms with Crippen LogP contribution in [0.25, 0.3) is 0 Å². The first-order valence-electron chi connectivity index (χ1n) is 5.77. The van der Waals surface area contributed by atoms with Crippen LogP contribution in [-0.4, -0.2) is 11.5 Å². The second-order valence-corrected chi connectivity index (χ2v) is 4.08. The first-order valence-corrected chi connectivity index (χ1v) is 5.77. The second kappa shape index (κ2) is 5.60. The third-order valence-electron chi connectivity index (χ3n) is 2.58. The minimum atomic E-state index is -0.318. The highest BCUT2D eigenvalue weighted by molar-refractivity contribution is 5.37. The molecule has 1 heterocycles. The standard InChI is InChI=1S/C14H15FN2O/c1-10-2-3-12(15)7-14(10)18-13-6-11(4-5-16)8-17-9-13/h2-3,6-9H,4-5,16H2,1H3. The lowest BCUT2D eigenvalue weighted by Crippen LogP contribution is -2.03. The SMILES string of the molecule is Cc1ccc(F)cc1Oc1cncc(CCN)c1. The van der Waals surface area contributed by atoms with Gasteiger partial charge < -0.3 is 10.5 Å². The van der Waals surface area contributed by atoms with E-state index in [4.69, 9.17) is 10.5 Å². The van der Waals surface area contributed by atoms with Crippen LogP contribution in [0.3, 0.4) is 0 Å². The van der Waals surface area contributed by atoms with E-state index in [-0.39, 0.29) is 5.82 Å². The van der Waals surface area contributed by atoms with E-state index in [1.807, 2.05) is 13.0 Å². The van der Waals surface area contributed by atoms with Crippen LogP contribution in [0.1, 0.15) is 11.1 Å². The average molecular weight is 246 g/mol. The monoisotopic (exact) mass is 246 g/mol. The number of nitrogens with two attached hydrogens (primary N) is 1. The normalized spacial score (nSPS) is 10.4. The van der Waals surface area contributed by atoms with E-state index in [0.29, 0.717) is 18.0 Å². The Morgan fingerprint density at radius 2 is 2.11 bits per heavy atom. The summed E-state index contributed by atoms with van der Waals surface area (Å²) >= 11 is 0. The molecule has 0 radical (unpaired) electrons. The number of nitrogens with zero attached hydrogens (tertiary/aromatic N) is 1. The molecule has 1 aromatic heterocycles. The predicted octanol–water partition coefficient (Wildman–Crippen LogP) is 2.82. The van der Waals surface area contributed by atoms with Crippen LogP contribution in [0.4, 0.5) is 4.39 Å². The van der Waals surface area contributed by atoms with Crippen LogP contribution >= 0.6 is 0 Å². The van der Waals surface area contributed by atoms with Gasteiger partial charge >= 0.3 is 0 Å². The van der Waals surface area contributed by atoms with Gasteiger partial charge in [-0.05, 0) is 43.1 Å². The number of aryl methyl sites for hydroxylation is 1. The van der Waals surface area contributed by atoms with Gasteiger partial charge in [0.25, 0.3) is 0 Å². The van der Waals surface area contributed by atoms with E-state index in [1.54, 1.807) is 18.5 Å². The quantitative estimate of drug-likeness (QED) is 0.902. The van der Waals surface area contributed by atoms with Crippen LogP contribution in [0, 0.1) is 12.7 Å². The molecule has 0 aliphatic heterocycles. The van der Waals surface area contributed by atoms with Gasteiger partial charge in [0.1, 0.15) is 17.3 Å². The van der Waals surface area contributed by atoms with Gasteiger partial charge in [0.05, 0.1) is 6.20 Å². The number of ether oxygens (including phenoxy) is 1. The highest BCUT2D eigenvalue weighted by Crippen LogP contribution is 2.25. The summed E-state index contributed by atoms with van der Waals surface area (Å²) in [5, 5.41) is 0. The summed E-state index contributed by atoms with van der Waals surface area (Å²) in [4.78, 5) is 4.08. The molecule has 18 heavy (non-hydrogen) atoms. The molecule has 2 N–H and O–H groups in total. The topological polar surface area (TPSA) is 48.1 Å². The Kier molecular flexibility index (Phi) is 3.89. The molecule has 0 aliphatic rings. The number of benzene rings is 1. The number of rotatable bonds is 4. The van der Waals surface area contributed by atoms with Crippen LogP contribution in [-0.2, 0) is 6.42 Å². The van der Waals surface area contributed by atoms with Crippen LogP contribution < -0.4 is 10.5 Å². The van der Waals surface area contributed by atoms with Gasteiger partial charge in [0.15, 0.2) is 0 Å². The minimum Gasteiger partial charge on any atom is -0.455 e. The van der Waals surface area contributed by atoms with E-state index < -0.39 is 0 Å². The molecular weight excluding hydrogens is 231 g/mol. The van der Waals surface area contributed by atoms with Crippen molar-refractivity contribution in [2.45, 2.75) is 13.3 Å². The minimum absolute atomic E-state index is 0.318. The molecule has 4 heteroatoms. The summed E-state index contributed by atoms with van der Waals surface area (Å²) in [6, 6.07) is 6.32. The van der Waals surface area contributed by atoms with Crippen molar-refractivity contribution in [3.05, 3.63) is 53.6 Å². The molecule has 94 valence electrons. The highest BCUT2D eigenvalue weighted by atomic mass is 19.1. The molecular formula is C14H15FN2O. The predicted molar refractivity (Wildman–Crippen MR) is 68.2 cm³/mol. The lowest BCUT2D eigenvalue weighted by Gasteiger charge is -2.09. The molecule has 3 nitrogen and oxygen atoms in total. The summed E-state index contributed by atoms with van der Waals surface area (Å²) in [6.45, 7) is 2.43. The molecule has 0 spiro atoms. The Hall–Kier alpha value is -1.94. The van der Waals surface area contributed by atoms with Crippen molar-refractivity contribution in [3.8, 4) is 11.5 Å². The third kappa shape index (κ3) is 3.05. The van der Waals surface area contributed by atoms with Gasteiger partial charge in [-0.1, -0.05) is 6.07 Å². The van der Waals surface area contributed by atoms with Gasteiger partial charge in [0, 0.05) is 12.3 Å². The van der Waals surface area contributed by atoms with E-state index >= 15 is 0 Å². The maximum absolute atomic E-state index is 13.1. The van der Waals surface area contributed by atoms with Crippen molar-refractivity contribution in [2.75, 3.05) is 6.54 Å².